The molecule has 0 fully saturated rings. The molecule has 3 aromatic carbocycles. The normalized spacial score (nSPS) is 10.7. The molecule has 1 aromatic heterocycles. The Morgan fingerprint density at radius 3 is 1.88 bits per heavy atom. The molecule has 0 amide bonds. The highest BCUT2D eigenvalue weighted by atomic mass is 16.5. The van der Waals surface area contributed by atoms with Crippen LogP contribution in [0.1, 0.15) is 10.5 Å². The summed E-state index contributed by atoms with van der Waals surface area (Å²) in [7, 11) is 1.39. The Morgan fingerprint density at radius 1 is 0.731 bits per heavy atom. The van der Waals surface area contributed by atoms with Gasteiger partial charge in [-0.1, -0.05) is 84.9 Å². The van der Waals surface area contributed by atoms with Gasteiger partial charge in [-0.25, -0.2) is 9.78 Å². The van der Waals surface area contributed by atoms with E-state index in [-0.39, 0.29) is 0 Å². The van der Waals surface area contributed by atoms with Crippen LogP contribution in [-0.2, 0) is 4.74 Å². The number of carbonyl (C=O) groups excluding carboxylic acids is 1. The zero-order chi connectivity index (χ0) is 17.9. The second kappa shape index (κ2) is 6.81. The monoisotopic (exact) mass is 339 g/mol. The Bertz CT molecular complexity index is 1070. The SMILES string of the molecule is COC(=O)c1nc(-c2ccccc2)c2ccccc2c1-c1ccccc1. The number of ether oxygens (including phenoxy) is 1. The summed E-state index contributed by atoms with van der Waals surface area (Å²) in [5.41, 5.74) is 3.81. The van der Waals surface area contributed by atoms with Gasteiger partial charge in [-0.2, -0.15) is 0 Å². The Morgan fingerprint density at radius 2 is 1.27 bits per heavy atom. The van der Waals surface area contributed by atoms with Crippen LogP contribution in [0, 0.1) is 0 Å². The highest BCUT2D eigenvalue weighted by molar-refractivity contribution is 6.10. The second-order valence-electron chi connectivity index (χ2n) is 5.95. The fourth-order valence-corrected chi connectivity index (χ4v) is 3.22. The molecule has 0 saturated heterocycles. The molecule has 0 aliphatic carbocycles. The van der Waals surface area contributed by atoms with Crippen molar-refractivity contribution in [3.8, 4) is 22.4 Å². The van der Waals surface area contributed by atoms with Crippen LogP contribution in [0.4, 0.5) is 0 Å². The maximum atomic E-state index is 12.6. The van der Waals surface area contributed by atoms with E-state index in [1.54, 1.807) is 0 Å². The van der Waals surface area contributed by atoms with Gasteiger partial charge >= 0.3 is 5.97 Å². The van der Waals surface area contributed by atoms with Gasteiger partial charge in [-0.05, 0) is 10.9 Å². The number of methoxy groups -OCH3 is 1. The van der Waals surface area contributed by atoms with Gasteiger partial charge in [0.25, 0.3) is 0 Å². The molecular formula is C23H17NO2. The topological polar surface area (TPSA) is 39.2 Å². The predicted molar refractivity (Wildman–Crippen MR) is 104 cm³/mol. The first-order valence-corrected chi connectivity index (χ1v) is 8.41. The van der Waals surface area contributed by atoms with Crippen LogP contribution in [0.3, 0.4) is 0 Å². The van der Waals surface area contributed by atoms with Gasteiger partial charge in [-0.15, -0.1) is 0 Å². The van der Waals surface area contributed by atoms with Gasteiger partial charge < -0.3 is 4.74 Å². The van der Waals surface area contributed by atoms with Crippen molar-refractivity contribution in [2.75, 3.05) is 7.11 Å². The lowest BCUT2D eigenvalue weighted by Crippen LogP contribution is -2.08. The van der Waals surface area contributed by atoms with E-state index in [9.17, 15) is 4.79 Å². The van der Waals surface area contributed by atoms with Crippen LogP contribution in [-0.4, -0.2) is 18.1 Å². The Hall–Kier alpha value is -3.46. The van der Waals surface area contributed by atoms with Crippen molar-refractivity contribution < 1.29 is 9.53 Å². The summed E-state index contributed by atoms with van der Waals surface area (Å²) in [5.74, 6) is -0.438. The van der Waals surface area contributed by atoms with Crippen LogP contribution in [0.2, 0.25) is 0 Å². The lowest BCUT2D eigenvalue weighted by molar-refractivity contribution is 0.0595. The van der Waals surface area contributed by atoms with Crippen molar-refractivity contribution in [1.29, 1.82) is 0 Å². The van der Waals surface area contributed by atoms with E-state index in [1.165, 1.54) is 7.11 Å². The zero-order valence-corrected chi connectivity index (χ0v) is 14.3. The third-order valence-corrected chi connectivity index (χ3v) is 4.40. The fraction of sp³-hybridized carbons (Fsp3) is 0.0435. The molecule has 0 radical (unpaired) electrons. The number of rotatable bonds is 3. The van der Waals surface area contributed by atoms with E-state index in [2.05, 4.69) is 0 Å². The molecule has 3 nitrogen and oxygen atoms in total. The first-order valence-electron chi connectivity index (χ1n) is 8.41. The maximum Gasteiger partial charge on any atom is 0.357 e. The minimum absolute atomic E-state index is 0.330. The number of hydrogen-bond acceptors (Lipinski definition) is 3. The number of esters is 1. The quantitative estimate of drug-likeness (QED) is 0.472. The number of nitrogens with zero attached hydrogens (tertiary/aromatic N) is 1. The molecule has 1 heterocycles. The molecule has 0 spiro atoms. The first kappa shape index (κ1) is 16.0. The summed E-state index contributed by atoms with van der Waals surface area (Å²) in [6.07, 6.45) is 0. The van der Waals surface area contributed by atoms with Gasteiger partial charge in [0.15, 0.2) is 5.69 Å². The molecular weight excluding hydrogens is 322 g/mol. The lowest BCUT2D eigenvalue weighted by atomic mass is 9.94. The summed E-state index contributed by atoms with van der Waals surface area (Å²) in [4.78, 5) is 17.3. The average molecular weight is 339 g/mol. The van der Waals surface area contributed by atoms with Crippen molar-refractivity contribution in [1.82, 2.24) is 4.98 Å². The highest BCUT2D eigenvalue weighted by Gasteiger charge is 2.21. The molecule has 0 unspecified atom stereocenters. The van der Waals surface area contributed by atoms with Crippen LogP contribution < -0.4 is 0 Å². The molecule has 0 N–H and O–H groups in total. The number of carbonyl (C=O) groups is 1. The Labute approximate surface area is 151 Å². The molecule has 3 heteroatoms. The summed E-state index contributed by atoms with van der Waals surface area (Å²) in [6, 6.07) is 27.8. The van der Waals surface area contributed by atoms with E-state index >= 15 is 0 Å². The molecule has 0 bridgehead atoms. The summed E-state index contributed by atoms with van der Waals surface area (Å²) in [6.45, 7) is 0. The van der Waals surface area contributed by atoms with Gasteiger partial charge in [0.2, 0.25) is 0 Å². The molecule has 0 atom stereocenters. The smallest absolute Gasteiger partial charge is 0.357 e. The van der Waals surface area contributed by atoms with E-state index in [4.69, 9.17) is 9.72 Å². The van der Waals surface area contributed by atoms with Gasteiger partial charge in [0.1, 0.15) is 0 Å². The van der Waals surface area contributed by atoms with Gasteiger partial charge in [-0.3, -0.25) is 0 Å². The third kappa shape index (κ3) is 2.74. The largest absolute Gasteiger partial charge is 0.464 e. The van der Waals surface area contributed by atoms with Crippen LogP contribution >= 0.6 is 0 Å². The molecule has 4 aromatic rings. The number of hydrogen-bond donors (Lipinski definition) is 0. The number of benzene rings is 3. The predicted octanol–water partition coefficient (Wildman–Crippen LogP) is 5.36. The molecule has 0 aliphatic heterocycles. The third-order valence-electron chi connectivity index (χ3n) is 4.40. The van der Waals surface area contributed by atoms with Gasteiger partial charge in [0.05, 0.1) is 12.8 Å². The van der Waals surface area contributed by atoms with E-state index in [0.29, 0.717) is 5.69 Å². The van der Waals surface area contributed by atoms with Crippen LogP contribution in [0.15, 0.2) is 84.9 Å². The Kier molecular flexibility index (Phi) is 4.20. The highest BCUT2D eigenvalue weighted by Crippen LogP contribution is 2.36. The van der Waals surface area contributed by atoms with Crippen LogP contribution in [0.5, 0.6) is 0 Å². The number of pyridine rings is 1. The second-order valence-corrected chi connectivity index (χ2v) is 5.95. The molecule has 126 valence electrons. The maximum absolute atomic E-state index is 12.6. The molecule has 0 saturated carbocycles. The van der Waals surface area contributed by atoms with Crippen molar-refractivity contribution in [2.24, 2.45) is 0 Å². The minimum atomic E-state index is -0.438. The summed E-state index contributed by atoms with van der Waals surface area (Å²) >= 11 is 0. The van der Waals surface area contributed by atoms with Crippen LogP contribution in [0.25, 0.3) is 33.2 Å². The van der Waals surface area contributed by atoms with E-state index in [1.807, 2.05) is 84.9 Å². The Balaban J connectivity index is 2.13. The lowest BCUT2D eigenvalue weighted by Gasteiger charge is -2.15. The number of fused-ring (bicyclic) bond motifs is 1. The van der Waals surface area contributed by atoms with Crippen molar-refractivity contribution in [3.05, 3.63) is 90.6 Å². The average Bonchev–Trinajstić information content (AvgIpc) is 2.73. The summed E-state index contributed by atoms with van der Waals surface area (Å²) in [5, 5.41) is 1.98. The zero-order valence-electron chi connectivity index (χ0n) is 14.3. The number of aromatic nitrogens is 1. The summed E-state index contributed by atoms with van der Waals surface area (Å²) < 4.78 is 5.04. The van der Waals surface area contributed by atoms with Crippen molar-refractivity contribution in [2.45, 2.75) is 0 Å². The van der Waals surface area contributed by atoms with E-state index in [0.717, 1.165) is 33.2 Å². The molecule has 0 aliphatic rings. The van der Waals surface area contributed by atoms with E-state index < -0.39 is 5.97 Å². The molecule has 4 rings (SSSR count). The minimum Gasteiger partial charge on any atom is -0.464 e. The molecule has 26 heavy (non-hydrogen) atoms. The first-order chi connectivity index (χ1) is 12.8. The van der Waals surface area contributed by atoms with Gasteiger partial charge in [0, 0.05) is 16.5 Å². The van der Waals surface area contributed by atoms with Crippen molar-refractivity contribution in [3.63, 3.8) is 0 Å². The van der Waals surface area contributed by atoms with Crippen molar-refractivity contribution >= 4 is 16.7 Å². The fourth-order valence-electron chi connectivity index (χ4n) is 3.22. The standard InChI is InChI=1S/C23H17NO2/c1-26-23(25)22-20(16-10-4-2-5-11-16)18-14-8-9-15-19(18)21(24-22)17-12-6-3-7-13-17/h2-15H,1H3.